The van der Waals surface area contributed by atoms with E-state index >= 15 is 0 Å². The maximum atomic E-state index is 12.1. The van der Waals surface area contributed by atoms with Crippen molar-refractivity contribution < 1.29 is 9.53 Å². The number of benzene rings is 1. The van der Waals surface area contributed by atoms with Gasteiger partial charge in [-0.2, -0.15) is 0 Å². The Morgan fingerprint density at radius 1 is 1.38 bits per heavy atom. The molecule has 0 aromatic heterocycles. The van der Waals surface area contributed by atoms with Crippen LogP contribution in [-0.4, -0.2) is 19.1 Å². The smallest absolute Gasteiger partial charge is 0.222 e. The fraction of sp³-hybridized carbons (Fsp3) is 0.588. The molecule has 21 heavy (non-hydrogen) atoms. The Morgan fingerprint density at radius 3 is 2.62 bits per heavy atom. The van der Waals surface area contributed by atoms with Crippen LogP contribution in [0.5, 0.6) is 5.75 Å². The Balaban J connectivity index is 2.53. The van der Waals surface area contributed by atoms with E-state index in [2.05, 4.69) is 26.1 Å². The van der Waals surface area contributed by atoms with E-state index in [1.165, 1.54) is 0 Å². The van der Waals surface area contributed by atoms with Crippen molar-refractivity contribution in [2.75, 3.05) is 7.11 Å². The summed E-state index contributed by atoms with van der Waals surface area (Å²) < 4.78 is 5.20. The summed E-state index contributed by atoms with van der Waals surface area (Å²) in [6, 6.07) is 7.54. The Bertz CT molecular complexity index is 466. The van der Waals surface area contributed by atoms with E-state index in [1.54, 1.807) is 7.11 Å². The molecule has 0 fully saturated rings. The minimum absolute atomic E-state index is 0.0120. The summed E-state index contributed by atoms with van der Waals surface area (Å²) >= 11 is 0. The van der Waals surface area contributed by atoms with Crippen LogP contribution in [0.15, 0.2) is 24.3 Å². The second kappa shape index (κ2) is 7.46. The van der Waals surface area contributed by atoms with Gasteiger partial charge in [0.1, 0.15) is 5.75 Å². The number of ether oxygens (including phenoxy) is 1. The lowest BCUT2D eigenvalue weighted by atomic mass is 9.87. The van der Waals surface area contributed by atoms with Crippen LogP contribution in [0, 0.1) is 5.41 Å². The van der Waals surface area contributed by atoms with E-state index in [-0.39, 0.29) is 23.4 Å². The molecule has 2 atom stereocenters. The van der Waals surface area contributed by atoms with Gasteiger partial charge in [0.05, 0.1) is 13.2 Å². The van der Waals surface area contributed by atoms with Crippen LogP contribution < -0.4 is 15.8 Å². The minimum Gasteiger partial charge on any atom is -0.497 e. The van der Waals surface area contributed by atoms with Gasteiger partial charge in [-0.05, 0) is 36.5 Å². The molecule has 1 aromatic rings. The first-order valence-electron chi connectivity index (χ1n) is 7.40. The standard InChI is InChI=1S/C17H28N2O2/c1-12(13-7-6-8-15(9-13)21-5)19-16(20)10-14(18)11-17(2,3)4/h6-9,12,14H,10-11,18H2,1-5H3,(H,19,20)/t12-,14?/m0/s1. The Labute approximate surface area is 128 Å². The van der Waals surface area contributed by atoms with Gasteiger partial charge < -0.3 is 15.8 Å². The van der Waals surface area contributed by atoms with E-state index in [0.29, 0.717) is 6.42 Å². The highest BCUT2D eigenvalue weighted by Crippen LogP contribution is 2.22. The molecule has 4 nitrogen and oxygen atoms in total. The van der Waals surface area contributed by atoms with E-state index in [0.717, 1.165) is 17.7 Å². The Kier molecular flexibility index (Phi) is 6.21. The summed E-state index contributed by atoms with van der Waals surface area (Å²) in [5, 5.41) is 2.99. The van der Waals surface area contributed by atoms with Crippen LogP contribution >= 0.6 is 0 Å². The van der Waals surface area contributed by atoms with Gasteiger partial charge in [0.2, 0.25) is 5.91 Å². The summed E-state index contributed by atoms with van der Waals surface area (Å²) in [5.41, 5.74) is 7.20. The van der Waals surface area contributed by atoms with Gasteiger partial charge in [-0.1, -0.05) is 32.9 Å². The van der Waals surface area contributed by atoms with Crippen molar-refractivity contribution in [1.29, 1.82) is 0 Å². The number of carbonyl (C=O) groups is 1. The number of rotatable bonds is 6. The average molecular weight is 292 g/mol. The molecular formula is C17H28N2O2. The number of nitrogens with two attached hydrogens (primary N) is 1. The molecule has 0 bridgehead atoms. The number of hydrogen-bond donors (Lipinski definition) is 2. The number of carbonyl (C=O) groups excluding carboxylic acids is 1. The van der Waals surface area contributed by atoms with Crippen LogP contribution in [-0.2, 0) is 4.79 Å². The number of methoxy groups -OCH3 is 1. The quantitative estimate of drug-likeness (QED) is 0.847. The van der Waals surface area contributed by atoms with Crippen LogP contribution in [0.4, 0.5) is 0 Å². The van der Waals surface area contributed by atoms with Gasteiger partial charge in [0, 0.05) is 12.5 Å². The zero-order valence-electron chi connectivity index (χ0n) is 13.8. The molecule has 0 saturated carbocycles. The molecule has 118 valence electrons. The molecule has 0 aliphatic heterocycles. The van der Waals surface area contributed by atoms with Gasteiger partial charge in [-0.25, -0.2) is 0 Å². The van der Waals surface area contributed by atoms with E-state index in [9.17, 15) is 4.79 Å². The fourth-order valence-corrected chi connectivity index (χ4v) is 2.39. The van der Waals surface area contributed by atoms with E-state index in [1.807, 2.05) is 31.2 Å². The Hall–Kier alpha value is -1.55. The predicted octanol–water partition coefficient (Wildman–Crippen LogP) is 3.03. The van der Waals surface area contributed by atoms with Crippen molar-refractivity contribution in [3.63, 3.8) is 0 Å². The monoisotopic (exact) mass is 292 g/mol. The maximum Gasteiger partial charge on any atom is 0.222 e. The summed E-state index contributed by atoms with van der Waals surface area (Å²) in [7, 11) is 1.63. The van der Waals surface area contributed by atoms with Crippen molar-refractivity contribution >= 4 is 5.91 Å². The second-order valence-corrected chi connectivity index (χ2v) is 6.79. The van der Waals surface area contributed by atoms with Crippen LogP contribution in [0.3, 0.4) is 0 Å². The lowest BCUT2D eigenvalue weighted by Gasteiger charge is -2.23. The number of hydrogen-bond acceptors (Lipinski definition) is 3. The zero-order chi connectivity index (χ0) is 16.0. The molecule has 0 radical (unpaired) electrons. The highest BCUT2D eigenvalue weighted by atomic mass is 16.5. The second-order valence-electron chi connectivity index (χ2n) is 6.79. The number of nitrogens with one attached hydrogen (secondary N) is 1. The van der Waals surface area contributed by atoms with Gasteiger partial charge >= 0.3 is 0 Å². The highest BCUT2D eigenvalue weighted by Gasteiger charge is 2.19. The molecule has 0 aliphatic rings. The van der Waals surface area contributed by atoms with Gasteiger partial charge in [0.25, 0.3) is 0 Å². The van der Waals surface area contributed by atoms with Crippen molar-refractivity contribution in [3.8, 4) is 5.75 Å². The molecule has 0 saturated heterocycles. The number of amides is 1. The maximum absolute atomic E-state index is 12.1. The van der Waals surface area contributed by atoms with Crippen molar-refractivity contribution in [3.05, 3.63) is 29.8 Å². The van der Waals surface area contributed by atoms with Gasteiger partial charge in [-0.15, -0.1) is 0 Å². The lowest BCUT2D eigenvalue weighted by molar-refractivity contribution is -0.122. The highest BCUT2D eigenvalue weighted by molar-refractivity contribution is 5.77. The molecule has 4 heteroatoms. The SMILES string of the molecule is COc1cccc([C@H](C)NC(=O)CC(N)CC(C)(C)C)c1. The molecule has 0 heterocycles. The van der Waals surface area contributed by atoms with E-state index < -0.39 is 0 Å². The Morgan fingerprint density at radius 2 is 2.05 bits per heavy atom. The first kappa shape index (κ1) is 17.5. The van der Waals surface area contributed by atoms with Crippen molar-refractivity contribution in [1.82, 2.24) is 5.32 Å². The fourth-order valence-electron chi connectivity index (χ4n) is 2.39. The molecule has 1 amide bonds. The molecule has 3 N–H and O–H groups in total. The third kappa shape index (κ3) is 6.63. The topological polar surface area (TPSA) is 64.3 Å². The third-order valence-corrected chi connectivity index (χ3v) is 3.29. The molecular weight excluding hydrogens is 264 g/mol. The van der Waals surface area contributed by atoms with Crippen molar-refractivity contribution in [2.45, 2.75) is 52.6 Å². The zero-order valence-corrected chi connectivity index (χ0v) is 13.8. The van der Waals surface area contributed by atoms with Gasteiger partial charge in [-0.3, -0.25) is 4.79 Å². The molecule has 0 spiro atoms. The summed E-state index contributed by atoms with van der Waals surface area (Å²) in [6.07, 6.45) is 1.18. The first-order valence-corrected chi connectivity index (χ1v) is 7.40. The van der Waals surface area contributed by atoms with Crippen LogP contribution in [0.25, 0.3) is 0 Å². The normalized spacial score (nSPS) is 14.4. The van der Waals surface area contributed by atoms with Gasteiger partial charge in [0.15, 0.2) is 0 Å². The predicted molar refractivity (Wildman–Crippen MR) is 86.2 cm³/mol. The average Bonchev–Trinajstić information content (AvgIpc) is 2.36. The van der Waals surface area contributed by atoms with Crippen LogP contribution in [0.1, 0.15) is 52.1 Å². The summed E-state index contributed by atoms with van der Waals surface area (Å²) in [4.78, 5) is 12.1. The summed E-state index contributed by atoms with van der Waals surface area (Å²) in [5.74, 6) is 0.778. The lowest BCUT2D eigenvalue weighted by Crippen LogP contribution is -2.35. The molecule has 1 unspecified atom stereocenters. The molecule has 1 aromatic carbocycles. The summed E-state index contributed by atoms with van der Waals surface area (Å²) in [6.45, 7) is 8.35. The molecule has 1 rings (SSSR count). The largest absolute Gasteiger partial charge is 0.497 e. The first-order chi connectivity index (χ1) is 9.71. The van der Waals surface area contributed by atoms with Crippen molar-refractivity contribution in [2.24, 2.45) is 11.1 Å². The molecule has 0 aliphatic carbocycles. The van der Waals surface area contributed by atoms with Crippen LogP contribution in [0.2, 0.25) is 0 Å². The minimum atomic E-state index is -0.109. The van der Waals surface area contributed by atoms with E-state index in [4.69, 9.17) is 10.5 Å². The third-order valence-electron chi connectivity index (χ3n) is 3.29.